The Kier molecular flexibility index (Phi) is 33.9. The molecular weight excluding hydrogens is 692 g/mol. The van der Waals surface area contributed by atoms with E-state index in [1.807, 2.05) is 14.7 Å². The molecule has 0 saturated carbocycles. The molecule has 53 heavy (non-hydrogen) atoms. The van der Waals surface area contributed by atoms with Crippen LogP contribution in [-0.4, -0.2) is 230 Å². The van der Waals surface area contributed by atoms with Crippen LogP contribution >= 0.6 is 0 Å². The summed E-state index contributed by atoms with van der Waals surface area (Å²) in [5.74, 6) is 0. The number of aliphatic hydroxyl groups is 4. The lowest BCUT2D eigenvalue weighted by Gasteiger charge is -2.35. The normalized spacial score (nSPS) is 15.8. The number of nitrogens with one attached hydrogen (secondary N) is 1. The summed E-state index contributed by atoms with van der Waals surface area (Å²) in [6.07, 6.45) is -2.24. The molecule has 21 N–H and O–H groups in total. The number of hydrogen-bond donors (Lipinski definition) is 13. The Bertz CT molecular complexity index is 657. The molecular formula is C33H80N12O8. The highest BCUT2D eigenvalue weighted by Gasteiger charge is 2.34. The van der Waals surface area contributed by atoms with Gasteiger partial charge in [-0.1, -0.05) is 0 Å². The van der Waals surface area contributed by atoms with Crippen LogP contribution in [0.2, 0.25) is 0 Å². The molecule has 0 aromatic heterocycles. The predicted octanol–water partition coefficient (Wildman–Crippen LogP) is -7.25. The average molecular weight is 773 g/mol. The fourth-order valence-corrected chi connectivity index (χ4v) is 5.94. The molecule has 0 bridgehead atoms. The molecule has 20 heteroatoms. The first-order valence-corrected chi connectivity index (χ1v) is 19.1. The molecule has 20 nitrogen and oxygen atoms in total. The summed E-state index contributed by atoms with van der Waals surface area (Å²) in [5, 5.41) is 46.3. The summed E-state index contributed by atoms with van der Waals surface area (Å²) >= 11 is 0. The summed E-state index contributed by atoms with van der Waals surface area (Å²) in [7, 11) is 0. The lowest BCUT2D eigenvalue weighted by atomic mass is 9.92. The van der Waals surface area contributed by atoms with Crippen LogP contribution in [-0.2, 0) is 18.9 Å². The van der Waals surface area contributed by atoms with Crippen molar-refractivity contribution in [3.05, 3.63) is 0 Å². The van der Waals surface area contributed by atoms with E-state index in [1.54, 1.807) is 0 Å². The van der Waals surface area contributed by atoms with Crippen LogP contribution in [0.15, 0.2) is 0 Å². The van der Waals surface area contributed by atoms with Crippen molar-refractivity contribution in [2.24, 2.45) is 51.3 Å². The van der Waals surface area contributed by atoms with Crippen LogP contribution in [0.25, 0.3) is 0 Å². The van der Waals surface area contributed by atoms with Crippen molar-refractivity contribution in [3.63, 3.8) is 0 Å². The van der Waals surface area contributed by atoms with Gasteiger partial charge in [0.1, 0.15) is 6.23 Å². The smallest absolute Gasteiger partial charge is 0.128 e. The molecule has 0 aliphatic carbocycles. The standard InChI is InChI=1S/C33H80N12O8/c34-3-1-28(2-4-35)42-32(49)23-53-27-33(24-50-20-29(46)17-43(11-5-36)12-6-37,25-51-21-30(47)18-44(13-7-38)14-8-39)26-52-22-31(48)19-45(15-9-40)16-10-41/h28-32,42,46-49H,1-27,34-41H2. The van der Waals surface area contributed by atoms with Gasteiger partial charge in [-0.2, -0.15) is 0 Å². The van der Waals surface area contributed by atoms with E-state index in [2.05, 4.69) is 5.32 Å². The van der Waals surface area contributed by atoms with Gasteiger partial charge in [0.15, 0.2) is 0 Å². The topological polar surface area (TPSA) is 348 Å². The van der Waals surface area contributed by atoms with Crippen molar-refractivity contribution in [2.45, 2.75) is 43.4 Å². The van der Waals surface area contributed by atoms with Gasteiger partial charge < -0.3 is 85.2 Å². The van der Waals surface area contributed by atoms with Gasteiger partial charge in [0, 0.05) is 104 Å². The lowest BCUT2D eigenvalue weighted by molar-refractivity contribution is -0.135. The first-order valence-electron chi connectivity index (χ1n) is 19.1. The maximum Gasteiger partial charge on any atom is 0.128 e. The van der Waals surface area contributed by atoms with Crippen LogP contribution < -0.4 is 51.2 Å². The van der Waals surface area contributed by atoms with E-state index in [0.717, 1.165) is 0 Å². The van der Waals surface area contributed by atoms with Gasteiger partial charge in [-0.25, -0.2) is 0 Å². The monoisotopic (exact) mass is 773 g/mol. The number of hydrogen-bond acceptors (Lipinski definition) is 20. The summed E-state index contributed by atoms with van der Waals surface area (Å²) in [4.78, 5) is 5.90. The zero-order valence-corrected chi connectivity index (χ0v) is 32.4. The van der Waals surface area contributed by atoms with Crippen molar-refractivity contribution in [2.75, 3.05) is 164 Å². The first-order chi connectivity index (χ1) is 25.5. The van der Waals surface area contributed by atoms with Gasteiger partial charge in [-0.15, -0.1) is 0 Å². The molecule has 0 saturated heterocycles. The molecule has 0 heterocycles. The van der Waals surface area contributed by atoms with Gasteiger partial charge >= 0.3 is 0 Å². The number of aliphatic hydroxyl groups excluding tert-OH is 4. The van der Waals surface area contributed by atoms with Crippen molar-refractivity contribution in [1.82, 2.24) is 20.0 Å². The van der Waals surface area contributed by atoms with Gasteiger partial charge in [0.2, 0.25) is 0 Å². The van der Waals surface area contributed by atoms with Gasteiger partial charge in [-0.3, -0.25) is 20.0 Å². The largest absolute Gasteiger partial charge is 0.389 e. The molecule has 0 aromatic carbocycles. The third-order valence-corrected chi connectivity index (χ3v) is 8.38. The Balaban J connectivity index is 5.99. The first kappa shape index (κ1) is 52.2. The maximum atomic E-state index is 10.8. The second kappa shape index (κ2) is 34.4. The molecule has 0 aromatic rings. The highest BCUT2D eigenvalue weighted by Crippen LogP contribution is 2.22. The number of nitrogens with zero attached hydrogens (tertiary/aromatic N) is 3. The second-order valence-electron chi connectivity index (χ2n) is 13.7. The molecule has 4 unspecified atom stereocenters. The average Bonchev–Trinajstić information content (AvgIpc) is 3.09. The molecule has 0 spiro atoms. The maximum absolute atomic E-state index is 10.8. The van der Waals surface area contributed by atoms with Crippen molar-refractivity contribution in [1.29, 1.82) is 0 Å². The Morgan fingerprint density at radius 1 is 0.434 bits per heavy atom. The van der Waals surface area contributed by atoms with Crippen molar-refractivity contribution < 1.29 is 39.4 Å². The Hall–Kier alpha value is -0.800. The van der Waals surface area contributed by atoms with Crippen LogP contribution in [0, 0.1) is 5.41 Å². The Labute approximate surface area is 318 Å². The zero-order chi connectivity index (χ0) is 39.7. The molecule has 4 atom stereocenters. The molecule has 0 aliphatic rings. The van der Waals surface area contributed by atoms with E-state index < -0.39 is 30.0 Å². The molecule has 0 aliphatic heterocycles. The highest BCUT2D eigenvalue weighted by molar-refractivity contribution is 4.82. The fourth-order valence-electron chi connectivity index (χ4n) is 5.94. The van der Waals surface area contributed by atoms with Crippen LogP contribution in [0.5, 0.6) is 0 Å². The van der Waals surface area contributed by atoms with Crippen molar-refractivity contribution in [3.8, 4) is 0 Å². The van der Waals surface area contributed by atoms with Gasteiger partial charge in [0.05, 0.1) is 76.6 Å². The fraction of sp³-hybridized carbons (Fsp3) is 1.00. The highest BCUT2D eigenvalue weighted by atomic mass is 16.5. The van der Waals surface area contributed by atoms with E-state index in [-0.39, 0.29) is 58.9 Å². The van der Waals surface area contributed by atoms with Crippen LogP contribution in [0.3, 0.4) is 0 Å². The lowest BCUT2D eigenvalue weighted by Crippen LogP contribution is -2.47. The van der Waals surface area contributed by atoms with Crippen LogP contribution in [0.4, 0.5) is 0 Å². The van der Waals surface area contributed by atoms with E-state index in [1.165, 1.54) is 0 Å². The zero-order valence-electron chi connectivity index (χ0n) is 32.4. The third-order valence-electron chi connectivity index (χ3n) is 8.38. The predicted molar refractivity (Wildman–Crippen MR) is 208 cm³/mol. The minimum absolute atomic E-state index is 0.0110. The molecule has 0 rings (SSSR count). The molecule has 320 valence electrons. The molecule has 0 fully saturated rings. The van der Waals surface area contributed by atoms with E-state index in [9.17, 15) is 20.4 Å². The number of rotatable bonds is 40. The summed E-state index contributed by atoms with van der Waals surface area (Å²) < 4.78 is 24.3. The van der Waals surface area contributed by atoms with Gasteiger partial charge in [-0.05, 0) is 25.9 Å². The molecule has 0 amide bonds. The second-order valence-corrected chi connectivity index (χ2v) is 13.7. The quantitative estimate of drug-likeness (QED) is 0.0257. The van der Waals surface area contributed by atoms with E-state index in [4.69, 9.17) is 64.8 Å². The number of ether oxygens (including phenoxy) is 4. The SMILES string of the molecule is NCCC(CCN)NC(O)COCC(COCC(O)CN(CCN)CCN)(COCC(O)CN(CCN)CCN)COCC(O)CN(CCN)CCN. The van der Waals surface area contributed by atoms with Gasteiger partial charge in [0.25, 0.3) is 0 Å². The van der Waals surface area contributed by atoms with Crippen LogP contribution in [0.1, 0.15) is 12.8 Å². The van der Waals surface area contributed by atoms with E-state index in [0.29, 0.717) is 124 Å². The summed E-state index contributed by atoms with van der Waals surface area (Å²) in [6.45, 7) is 7.81. The molecule has 0 radical (unpaired) electrons. The minimum Gasteiger partial charge on any atom is -0.389 e. The Morgan fingerprint density at radius 3 is 0.981 bits per heavy atom. The Morgan fingerprint density at radius 2 is 0.717 bits per heavy atom. The van der Waals surface area contributed by atoms with E-state index >= 15 is 0 Å². The third kappa shape index (κ3) is 27.4. The number of nitrogens with two attached hydrogens (primary N) is 8. The summed E-state index contributed by atoms with van der Waals surface area (Å²) in [5.41, 5.74) is 44.9. The minimum atomic E-state index is -1.01. The summed E-state index contributed by atoms with van der Waals surface area (Å²) in [6, 6.07) is -0.0814. The van der Waals surface area contributed by atoms with Crippen molar-refractivity contribution >= 4 is 0 Å².